The Labute approximate surface area is 129 Å². The summed E-state index contributed by atoms with van der Waals surface area (Å²) < 4.78 is 11.2. The number of likely N-dealkylation sites (tertiary alicyclic amines) is 1. The number of hydrogen-bond donors (Lipinski definition) is 0. The van der Waals surface area contributed by atoms with Crippen molar-refractivity contribution < 1.29 is 14.3 Å². The number of aromatic nitrogens is 1. The van der Waals surface area contributed by atoms with Gasteiger partial charge < -0.3 is 14.4 Å². The molecule has 22 heavy (non-hydrogen) atoms. The predicted molar refractivity (Wildman–Crippen MR) is 77.9 cm³/mol. The summed E-state index contributed by atoms with van der Waals surface area (Å²) in [6.07, 6.45) is 5.08. The number of carbonyl (C=O) groups is 1. The van der Waals surface area contributed by atoms with E-state index in [1.54, 1.807) is 29.4 Å². The minimum Gasteiger partial charge on any atom is -0.488 e. The summed E-state index contributed by atoms with van der Waals surface area (Å²) in [5.41, 5.74) is -0.913. The van der Waals surface area contributed by atoms with Crippen molar-refractivity contribution in [3.63, 3.8) is 0 Å². The van der Waals surface area contributed by atoms with Crippen LogP contribution in [-0.4, -0.2) is 48.2 Å². The van der Waals surface area contributed by atoms with Crippen LogP contribution in [0.2, 0.25) is 0 Å². The molecule has 0 bridgehead atoms. The average molecular weight is 301 g/mol. The molecule has 0 unspecified atom stereocenters. The first-order chi connectivity index (χ1) is 10.7. The van der Waals surface area contributed by atoms with Crippen molar-refractivity contribution >= 4 is 5.91 Å². The number of pyridine rings is 1. The molecule has 116 valence electrons. The van der Waals surface area contributed by atoms with Crippen LogP contribution >= 0.6 is 0 Å². The molecule has 2 fully saturated rings. The second-order valence-electron chi connectivity index (χ2n) is 5.77. The highest BCUT2D eigenvalue weighted by molar-refractivity contribution is 5.86. The van der Waals surface area contributed by atoms with Gasteiger partial charge in [-0.3, -0.25) is 9.78 Å². The lowest BCUT2D eigenvalue weighted by Gasteiger charge is -2.32. The van der Waals surface area contributed by atoms with Gasteiger partial charge in [-0.25, -0.2) is 0 Å². The van der Waals surface area contributed by atoms with Crippen LogP contribution in [0, 0.1) is 16.7 Å². The van der Waals surface area contributed by atoms with E-state index in [4.69, 9.17) is 9.47 Å². The standard InChI is InChI=1S/C16H19N3O3/c17-12-16(4-9-21-10-5-16)15(20)19-8-3-14(11-19)22-13-1-6-18-7-2-13/h1-2,6-7,14H,3-5,8-11H2/t14-/m1/s1. The molecule has 2 saturated heterocycles. The van der Waals surface area contributed by atoms with Gasteiger partial charge in [0.1, 0.15) is 17.3 Å². The van der Waals surface area contributed by atoms with Crippen LogP contribution in [0.15, 0.2) is 24.5 Å². The molecule has 0 N–H and O–H groups in total. The molecule has 2 aliphatic rings. The molecule has 0 aromatic carbocycles. The highest BCUT2D eigenvalue weighted by Crippen LogP contribution is 2.33. The predicted octanol–water partition coefficient (Wildman–Crippen LogP) is 1.38. The van der Waals surface area contributed by atoms with Crippen molar-refractivity contribution in [3.8, 4) is 11.8 Å². The van der Waals surface area contributed by atoms with Crippen molar-refractivity contribution in [2.45, 2.75) is 25.4 Å². The highest BCUT2D eigenvalue weighted by atomic mass is 16.5. The number of rotatable bonds is 3. The van der Waals surface area contributed by atoms with E-state index < -0.39 is 5.41 Å². The maximum Gasteiger partial charge on any atom is 0.243 e. The number of carbonyl (C=O) groups excluding carboxylic acids is 1. The van der Waals surface area contributed by atoms with E-state index in [0.29, 0.717) is 39.1 Å². The number of ether oxygens (including phenoxy) is 2. The molecule has 6 nitrogen and oxygen atoms in total. The molecule has 3 heterocycles. The zero-order valence-electron chi connectivity index (χ0n) is 12.4. The van der Waals surface area contributed by atoms with Gasteiger partial charge in [-0.2, -0.15) is 5.26 Å². The second-order valence-corrected chi connectivity index (χ2v) is 5.77. The SMILES string of the molecule is N#CC1(C(=O)N2CC[C@@H](Oc3ccncc3)C2)CCOCC1. The molecule has 2 aliphatic heterocycles. The lowest BCUT2D eigenvalue weighted by atomic mass is 9.80. The molecule has 6 heteroatoms. The van der Waals surface area contributed by atoms with E-state index in [2.05, 4.69) is 11.1 Å². The topological polar surface area (TPSA) is 75.5 Å². The van der Waals surface area contributed by atoms with E-state index in [9.17, 15) is 10.1 Å². The summed E-state index contributed by atoms with van der Waals surface area (Å²) in [6, 6.07) is 5.85. The largest absolute Gasteiger partial charge is 0.488 e. The molecule has 1 aromatic heterocycles. The highest BCUT2D eigenvalue weighted by Gasteiger charge is 2.44. The smallest absolute Gasteiger partial charge is 0.243 e. The molecular formula is C16H19N3O3. The fourth-order valence-corrected chi connectivity index (χ4v) is 3.01. The summed E-state index contributed by atoms with van der Waals surface area (Å²) in [5.74, 6) is 0.689. The minimum atomic E-state index is -0.913. The van der Waals surface area contributed by atoms with Crippen molar-refractivity contribution in [2.75, 3.05) is 26.3 Å². The van der Waals surface area contributed by atoms with E-state index in [1.807, 2.05) is 0 Å². The normalized spacial score (nSPS) is 23.8. The van der Waals surface area contributed by atoms with E-state index in [0.717, 1.165) is 12.2 Å². The van der Waals surface area contributed by atoms with Gasteiger partial charge in [-0.1, -0.05) is 0 Å². The Hall–Kier alpha value is -2.13. The van der Waals surface area contributed by atoms with Crippen molar-refractivity contribution in [2.24, 2.45) is 5.41 Å². The van der Waals surface area contributed by atoms with Gasteiger partial charge in [0.05, 0.1) is 12.6 Å². The molecule has 0 aliphatic carbocycles. The molecule has 0 spiro atoms. The lowest BCUT2D eigenvalue weighted by Crippen LogP contribution is -2.45. The Morgan fingerprint density at radius 2 is 2.14 bits per heavy atom. The first kappa shape index (κ1) is 14.8. The van der Waals surface area contributed by atoms with Crippen LogP contribution in [0.4, 0.5) is 0 Å². The van der Waals surface area contributed by atoms with Crippen LogP contribution < -0.4 is 4.74 Å². The fourth-order valence-electron chi connectivity index (χ4n) is 3.01. The van der Waals surface area contributed by atoms with Crippen LogP contribution in [-0.2, 0) is 9.53 Å². The van der Waals surface area contributed by atoms with Crippen molar-refractivity contribution in [1.82, 2.24) is 9.88 Å². The lowest BCUT2D eigenvalue weighted by molar-refractivity contribution is -0.142. The van der Waals surface area contributed by atoms with Crippen LogP contribution in [0.25, 0.3) is 0 Å². The Bertz CT molecular complexity index is 564. The van der Waals surface area contributed by atoms with Gasteiger partial charge in [0.15, 0.2) is 0 Å². The Kier molecular flexibility index (Phi) is 4.25. The van der Waals surface area contributed by atoms with E-state index in [1.165, 1.54) is 0 Å². The van der Waals surface area contributed by atoms with Gasteiger partial charge in [-0.15, -0.1) is 0 Å². The first-order valence-corrected chi connectivity index (χ1v) is 7.58. The molecule has 1 aromatic rings. The van der Waals surface area contributed by atoms with Crippen LogP contribution in [0.5, 0.6) is 5.75 Å². The van der Waals surface area contributed by atoms with Gasteiger partial charge in [-0.05, 0) is 25.0 Å². The first-order valence-electron chi connectivity index (χ1n) is 7.58. The summed E-state index contributed by atoms with van der Waals surface area (Å²) >= 11 is 0. The van der Waals surface area contributed by atoms with Gasteiger partial charge in [0, 0.05) is 38.6 Å². The summed E-state index contributed by atoms with van der Waals surface area (Å²) in [5, 5.41) is 9.48. The number of hydrogen-bond acceptors (Lipinski definition) is 5. The molecule has 0 radical (unpaired) electrons. The van der Waals surface area contributed by atoms with Gasteiger partial charge in [0.2, 0.25) is 5.91 Å². The monoisotopic (exact) mass is 301 g/mol. The minimum absolute atomic E-state index is 0.0260. The molecule has 0 saturated carbocycles. The maximum absolute atomic E-state index is 12.7. The average Bonchev–Trinajstić information content (AvgIpc) is 3.04. The van der Waals surface area contributed by atoms with Gasteiger partial charge >= 0.3 is 0 Å². The summed E-state index contributed by atoms with van der Waals surface area (Å²) in [7, 11) is 0. The molecule has 1 amide bonds. The third-order valence-electron chi connectivity index (χ3n) is 4.35. The summed E-state index contributed by atoms with van der Waals surface area (Å²) in [6.45, 7) is 2.12. The van der Waals surface area contributed by atoms with Crippen LogP contribution in [0.3, 0.4) is 0 Å². The third kappa shape index (κ3) is 2.90. The number of nitrogens with zero attached hydrogens (tertiary/aromatic N) is 3. The van der Waals surface area contributed by atoms with Crippen LogP contribution in [0.1, 0.15) is 19.3 Å². The number of amides is 1. The zero-order chi connectivity index (χ0) is 15.4. The molecule has 1 atom stereocenters. The van der Waals surface area contributed by atoms with E-state index in [-0.39, 0.29) is 12.0 Å². The maximum atomic E-state index is 12.7. The van der Waals surface area contributed by atoms with E-state index >= 15 is 0 Å². The third-order valence-corrected chi connectivity index (χ3v) is 4.35. The Morgan fingerprint density at radius 1 is 1.41 bits per heavy atom. The zero-order valence-corrected chi connectivity index (χ0v) is 12.4. The fraction of sp³-hybridized carbons (Fsp3) is 0.562. The number of nitriles is 1. The van der Waals surface area contributed by atoms with Crippen molar-refractivity contribution in [1.29, 1.82) is 5.26 Å². The molecule has 3 rings (SSSR count). The van der Waals surface area contributed by atoms with Gasteiger partial charge in [0.25, 0.3) is 0 Å². The summed E-state index contributed by atoms with van der Waals surface area (Å²) in [4.78, 5) is 18.5. The second kappa shape index (κ2) is 6.32. The molecular weight excluding hydrogens is 282 g/mol. The Balaban J connectivity index is 1.62. The quantitative estimate of drug-likeness (QED) is 0.843. The van der Waals surface area contributed by atoms with Crippen molar-refractivity contribution in [3.05, 3.63) is 24.5 Å². The Morgan fingerprint density at radius 3 is 2.82 bits per heavy atom.